The number of thiophene rings is 1. The molecule has 6 rings (SSSR count). The number of rotatable bonds is 7. The average molecular weight is 643 g/mol. The maximum Gasteiger partial charge on any atom is 0.332 e. The van der Waals surface area contributed by atoms with E-state index in [4.69, 9.17) is 14.6 Å². The molecule has 14 heteroatoms. The number of amides is 1. The number of aryl methyl sites for hydroxylation is 3. The normalized spacial score (nSPS) is 17.5. The monoisotopic (exact) mass is 642 g/mol. The number of aliphatic hydroxyl groups excluding tert-OH is 1. The molecule has 2 saturated heterocycles. The van der Waals surface area contributed by atoms with Gasteiger partial charge < -0.3 is 19.5 Å². The lowest BCUT2D eigenvalue weighted by atomic mass is 10.0. The van der Waals surface area contributed by atoms with Crippen LogP contribution in [0.1, 0.15) is 56.7 Å². The zero-order valence-corrected chi connectivity index (χ0v) is 26.8. The minimum absolute atomic E-state index is 0.0484. The van der Waals surface area contributed by atoms with Gasteiger partial charge in [0.05, 0.1) is 31.0 Å². The second kappa shape index (κ2) is 14.0. The van der Waals surface area contributed by atoms with E-state index in [1.807, 2.05) is 13.8 Å². The molecule has 0 spiro atoms. The van der Waals surface area contributed by atoms with E-state index in [-0.39, 0.29) is 31.0 Å². The number of fused-ring (bicyclic) bond motifs is 1. The fourth-order valence-electron chi connectivity index (χ4n) is 5.83. The molecule has 2 aliphatic heterocycles. The maximum absolute atomic E-state index is 14.0. The standard InChI is InChI=1S/C26H29FN6O4S.C5H10O2/c1-15(2)30-12-5-6-19(22(30)34)32-23(35)21-16(3)24(33-28-10-11-29-33)38-25(21)31(26(32)36)13-9-17-14-18(27)7-8-20(17)37-4;6-5-1-3-7-4-2-5/h7-8,10-11,14-15,19H,5-6,9,12-13H2,1-4H3;5-6H,1-4H2/t19-;/m0./s1. The number of hydrogen-bond donors (Lipinski definition) is 1. The third-order valence-corrected chi connectivity index (χ3v) is 9.52. The largest absolute Gasteiger partial charge is 0.496 e. The van der Waals surface area contributed by atoms with E-state index in [1.54, 1.807) is 17.9 Å². The van der Waals surface area contributed by atoms with Crippen molar-refractivity contribution in [3.05, 3.63) is 68.4 Å². The van der Waals surface area contributed by atoms with Gasteiger partial charge in [-0.15, -0.1) is 4.80 Å². The molecule has 0 unspecified atom stereocenters. The van der Waals surface area contributed by atoms with E-state index in [0.717, 1.165) is 30.6 Å². The van der Waals surface area contributed by atoms with Crippen molar-refractivity contribution in [3.63, 3.8) is 0 Å². The van der Waals surface area contributed by atoms with Crippen molar-refractivity contribution < 1.29 is 23.8 Å². The van der Waals surface area contributed by atoms with Gasteiger partial charge >= 0.3 is 5.69 Å². The molecular weight excluding hydrogens is 603 g/mol. The summed E-state index contributed by atoms with van der Waals surface area (Å²) in [5, 5.41) is 18.2. The Labute approximate surface area is 263 Å². The zero-order valence-electron chi connectivity index (χ0n) is 25.9. The lowest BCUT2D eigenvalue weighted by molar-refractivity contribution is -0.139. The quantitative estimate of drug-likeness (QED) is 0.325. The van der Waals surface area contributed by atoms with Crippen molar-refractivity contribution in [1.82, 2.24) is 29.0 Å². The van der Waals surface area contributed by atoms with Crippen molar-refractivity contribution in [2.45, 2.75) is 77.6 Å². The number of halogens is 1. The third-order valence-electron chi connectivity index (χ3n) is 8.24. The fourth-order valence-corrected chi connectivity index (χ4v) is 7.06. The van der Waals surface area contributed by atoms with E-state index in [0.29, 0.717) is 51.5 Å². The number of benzene rings is 1. The number of piperidine rings is 1. The Bertz CT molecular complexity index is 1760. The van der Waals surface area contributed by atoms with Crippen molar-refractivity contribution in [3.8, 4) is 10.8 Å². The molecule has 1 N–H and O–H groups in total. The number of nitrogens with zero attached hydrogens (tertiary/aromatic N) is 6. The van der Waals surface area contributed by atoms with Crippen LogP contribution in [0.25, 0.3) is 15.2 Å². The van der Waals surface area contributed by atoms with Gasteiger partial charge in [0, 0.05) is 37.9 Å². The highest BCUT2D eigenvalue weighted by molar-refractivity contribution is 7.21. The second-order valence-electron chi connectivity index (χ2n) is 11.5. The molecule has 45 heavy (non-hydrogen) atoms. The number of ether oxygens (including phenoxy) is 2. The number of carbonyl (C=O) groups is 1. The number of aromatic nitrogens is 5. The molecular formula is C31H39FN6O6S. The Morgan fingerprint density at radius 2 is 1.84 bits per heavy atom. The van der Waals surface area contributed by atoms with Crippen molar-refractivity contribution in [1.29, 1.82) is 0 Å². The zero-order chi connectivity index (χ0) is 32.2. The number of hydrogen-bond acceptors (Lipinski definition) is 9. The first-order chi connectivity index (χ1) is 21.6. The molecule has 12 nitrogen and oxygen atoms in total. The third kappa shape index (κ3) is 6.72. The molecule has 0 bridgehead atoms. The van der Waals surface area contributed by atoms with E-state index in [1.165, 1.54) is 52.3 Å². The van der Waals surface area contributed by atoms with Crippen LogP contribution in [-0.4, -0.2) is 79.1 Å². The highest BCUT2D eigenvalue weighted by Crippen LogP contribution is 2.32. The van der Waals surface area contributed by atoms with Crippen LogP contribution in [0.4, 0.5) is 4.39 Å². The summed E-state index contributed by atoms with van der Waals surface area (Å²) in [5.41, 5.74) is 0.150. The molecule has 0 saturated carbocycles. The van der Waals surface area contributed by atoms with E-state index in [2.05, 4.69) is 10.2 Å². The summed E-state index contributed by atoms with van der Waals surface area (Å²) in [6.45, 7) is 7.84. The molecule has 0 aliphatic carbocycles. The van der Waals surface area contributed by atoms with Gasteiger partial charge in [0.15, 0.2) is 0 Å². The topological polar surface area (TPSA) is 134 Å². The number of aliphatic hydroxyl groups is 1. The van der Waals surface area contributed by atoms with Crippen molar-refractivity contribution in [2.75, 3.05) is 26.9 Å². The average Bonchev–Trinajstić information content (AvgIpc) is 3.67. The summed E-state index contributed by atoms with van der Waals surface area (Å²) in [6.07, 6.45) is 5.98. The van der Waals surface area contributed by atoms with E-state index in [9.17, 15) is 18.8 Å². The Morgan fingerprint density at radius 1 is 1.13 bits per heavy atom. The van der Waals surface area contributed by atoms with Crippen LogP contribution in [0.5, 0.6) is 5.75 Å². The first-order valence-corrected chi connectivity index (χ1v) is 16.0. The van der Waals surface area contributed by atoms with Crippen LogP contribution in [0.3, 0.4) is 0 Å². The van der Waals surface area contributed by atoms with Gasteiger partial charge in [-0.3, -0.25) is 14.2 Å². The molecule has 2 fully saturated rings. The minimum atomic E-state index is -0.893. The van der Waals surface area contributed by atoms with Crippen LogP contribution in [0.15, 0.2) is 40.2 Å². The molecule has 0 radical (unpaired) electrons. The summed E-state index contributed by atoms with van der Waals surface area (Å²) in [5.74, 6) is -0.142. The van der Waals surface area contributed by atoms with Gasteiger partial charge in [0.1, 0.15) is 27.4 Å². The predicted octanol–water partition coefficient (Wildman–Crippen LogP) is 3.23. The number of methoxy groups -OCH3 is 1. The van der Waals surface area contributed by atoms with Gasteiger partial charge in [-0.2, -0.15) is 10.2 Å². The smallest absolute Gasteiger partial charge is 0.332 e. The van der Waals surface area contributed by atoms with Crippen LogP contribution >= 0.6 is 11.3 Å². The molecule has 242 valence electrons. The van der Waals surface area contributed by atoms with Gasteiger partial charge in [-0.05, 0) is 76.6 Å². The summed E-state index contributed by atoms with van der Waals surface area (Å²) in [7, 11) is 1.50. The predicted molar refractivity (Wildman–Crippen MR) is 168 cm³/mol. The van der Waals surface area contributed by atoms with Gasteiger partial charge in [0.25, 0.3) is 5.56 Å². The lowest BCUT2D eigenvalue weighted by Gasteiger charge is -2.35. The van der Waals surface area contributed by atoms with Crippen LogP contribution in [0, 0.1) is 12.7 Å². The highest BCUT2D eigenvalue weighted by Gasteiger charge is 2.35. The molecule has 1 atom stereocenters. The molecule has 5 heterocycles. The molecule has 2 aliphatic rings. The second-order valence-corrected chi connectivity index (χ2v) is 12.5. The molecule has 4 aromatic rings. The first kappa shape index (κ1) is 32.5. The fraction of sp³-hybridized carbons (Fsp3) is 0.516. The molecule has 1 aromatic carbocycles. The summed E-state index contributed by atoms with van der Waals surface area (Å²) < 4.78 is 27.0. The number of likely N-dealkylation sites (tertiary alicyclic amines) is 1. The highest BCUT2D eigenvalue weighted by atomic mass is 32.1. The van der Waals surface area contributed by atoms with Crippen LogP contribution in [-0.2, 0) is 22.5 Å². The van der Waals surface area contributed by atoms with Crippen LogP contribution < -0.4 is 16.0 Å². The maximum atomic E-state index is 14.0. The Kier molecular flexibility index (Phi) is 10.1. The Hall–Kier alpha value is -3.88. The lowest BCUT2D eigenvalue weighted by Crippen LogP contribution is -2.52. The number of carbonyl (C=O) groups excluding carboxylic acids is 1. The minimum Gasteiger partial charge on any atom is -0.496 e. The van der Waals surface area contributed by atoms with E-state index < -0.39 is 23.1 Å². The summed E-state index contributed by atoms with van der Waals surface area (Å²) in [4.78, 5) is 44.9. The van der Waals surface area contributed by atoms with Gasteiger partial charge in [-0.25, -0.2) is 13.8 Å². The van der Waals surface area contributed by atoms with Crippen molar-refractivity contribution >= 4 is 27.5 Å². The molecule has 3 aromatic heterocycles. The summed E-state index contributed by atoms with van der Waals surface area (Å²) in [6, 6.07) is 3.29. The van der Waals surface area contributed by atoms with E-state index >= 15 is 0 Å². The summed E-state index contributed by atoms with van der Waals surface area (Å²) >= 11 is 1.23. The van der Waals surface area contributed by atoms with Gasteiger partial charge in [0.2, 0.25) is 5.91 Å². The first-order valence-electron chi connectivity index (χ1n) is 15.2. The van der Waals surface area contributed by atoms with Crippen molar-refractivity contribution in [2.24, 2.45) is 0 Å². The Morgan fingerprint density at radius 3 is 2.47 bits per heavy atom. The SMILES string of the molecule is COc1ccc(F)cc1CCn1c(=O)n([C@H]2CCCN(C(C)C)C2=O)c(=O)c2c(C)c(-n3nccn3)sc21.OC1CCOCC1. The molecule has 1 amide bonds. The Balaban J connectivity index is 0.000000505. The van der Waals surface area contributed by atoms with Gasteiger partial charge in [-0.1, -0.05) is 11.3 Å². The van der Waals surface area contributed by atoms with Crippen LogP contribution in [0.2, 0.25) is 0 Å².